The van der Waals surface area contributed by atoms with Crippen molar-refractivity contribution in [3.05, 3.63) is 283 Å². The van der Waals surface area contributed by atoms with Crippen molar-refractivity contribution in [2.75, 3.05) is 4.90 Å². The van der Waals surface area contributed by atoms with E-state index in [-0.39, 0.29) is 0 Å². The predicted molar refractivity (Wildman–Crippen MR) is 261 cm³/mol. The SMILES string of the molecule is c1ccc(Oc2ccc(-c3ccc(N(c4ccc(-c5ccccc5)cc4)c4ccccc4-c4ccccc4)cc3)c3c2C(c2ccccc2)(c2ccccc2)c2ccccc2-3)cc1. The molecule has 0 atom stereocenters. The van der Waals surface area contributed by atoms with Gasteiger partial charge in [0.05, 0.1) is 11.1 Å². The summed E-state index contributed by atoms with van der Waals surface area (Å²) in [5.41, 5.74) is 16.8. The molecule has 0 amide bonds. The summed E-state index contributed by atoms with van der Waals surface area (Å²) in [6.07, 6.45) is 0. The third-order valence-electron chi connectivity index (χ3n) is 12.4. The lowest BCUT2D eigenvalue weighted by atomic mass is 9.67. The van der Waals surface area contributed by atoms with E-state index in [2.05, 4.69) is 235 Å². The number of hydrogen-bond acceptors (Lipinski definition) is 2. The largest absolute Gasteiger partial charge is 0.457 e. The Kier molecular flexibility index (Phi) is 9.80. The summed E-state index contributed by atoms with van der Waals surface area (Å²) in [4.78, 5) is 2.38. The molecule has 2 nitrogen and oxygen atoms in total. The Labute approximate surface area is 369 Å². The Bertz CT molecular complexity index is 3110. The summed E-state index contributed by atoms with van der Waals surface area (Å²) in [5, 5.41) is 0. The fourth-order valence-corrected chi connectivity index (χ4v) is 9.66. The number of fused-ring (bicyclic) bond motifs is 3. The molecule has 10 aromatic rings. The molecular weight excluding hydrogens is 763 g/mol. The van der Waals surface area contributed by atoms with Crippen LogP contribution in [0.1, 0.15) is 22.3 Å². The van der Waals surface area contributed by atoms with Crippen LogP contribution in [-0.4, -0.2) is 0 Å². The van der Waals surface area contributed by atoms with Crippen molar-refractivity contribution in [2.24, 2.45) is 0 Å². The zero-order chi connectivity index (χ0) is 42.0. The molecule has 63 heavy (non-hydrogen) atoms. The first-order valence-electron chi connectivity index (χ1n) is 21.6. The van der Waals surface area contributed by atoms with Gasteiger partial charge in [0, 0.05) is 22.5 Å². The highest BCUT2D eigenvalue weighted by Crippen LogP contribution is 2.61. The second-order valence-electron chi connectivity index (χ2n) is 16.0. The molecule has 0 N–H and O–H groups in total. The van der Waals surface area contributed by atoms with Gasteiger partial charge in [0.25, 0.3) is 0 Å². The number of para-hydroxylation sites is 2. The minimum atomic E-state index is -0.641. The van der Waals surface area contributed by atoms with Crippen LogP contribution in [0.15, 0.2) is 261 Å². The van der Waals surface area contributed by atoms with Gasteiger partial charge >= 0.3 is 0 Å². The Hall–Kier alpha value is -8.20. The van der Waals surface area contributed by atoms with E-state index in [4.69, 9.17) is 4.74 Å². The number of nitrogens with zero attached hydrogens (tertiary/aromatic N) is 1. The molecule has 0 aliphatic heterocycles. The van der Waals surface area contributed by atoms with E-state index >= 15 is 0 Å². The Morgan fingerprint density at radius 1 is 0.317 bits per heavy atom. The molecule has 0 unspecified atom stereocenters. The first-order chi connectivity index (χ1) is 31.3. The highest BCUT2D eigenvalue weighted by molar-refractivity contribution is 5.98. The van der Waals surface area contributed by atoms with Gasteiger partial charge in [-0.2, -0.15) is 0 Å². The summed E-state index contributed by atoms with van der Waals surface area (Å²) >= 11 is 0. The van der Waals surface area contributed by atoms with Crippen LogP contribution < -0.4 is 9.64 Å². The molecule has 0 spiro atoms. The van der Waals surface area contributed by atoms with Crippen LogP contribution in [0, 0.1) is 0 Å². The van der Waals surface area contributed by atoms with Crippen LogP contribution in [0.3, 0.4) is 0 Å². The maximum Gasteiger partial charge on any atom is 0.132 e. The zero-order valence-electron chi connectivity index (χ0n) is 34.7. The normalized spacial score (nSPS) is 12.3. The van der Waals surface area contributed by atoms with E-state index in [9.17, 15) is 0 Å². The summed E-state index contributed by atoms with van der Waals surface area (Å²) in [5.74, 6) is 1.64. The van der Waals surface area contributed by atoms with Gasteiger partial charge < -0.3 is 9.64 Å². The fourth-order valence-electron chi connectivity index (χ4n) is 9.66. The highest BCUT2D eigenvalue weighted by Gasteiger charge is 2.49. The van der Waals surface area contributed by atoms with Crippen LogP contribution in [0.25, 0.3) is 44.5 Å². The van der Waals surface area contributed by atoms with Crippen molar-refractivity contribution in [1.82, 2.24) is 0 Å². The van der Waals surface area contributed by atoms with Crippen LogP contribution in [0.5, 0.6) is 11.5 Å². The summed E-state index contributed by atoms with van der Waals surface area (Å²) in [6, 6.07) is 93.3. The van der Waals surface area contributed by atoms with Crippen LogP contribution >= 0.6 is 0 Å². The molecule has 298 valence electrons. The molecule has 11 rings (SSSR count). The number of hydrogen-bond donors (Lipinski definition) is 0. The van der Waals surface area contributed by atoms with E-state index in [0.29, 0.717) is 0 Å². The third-order valence-corrected chi connectivity index (χ3v) is 12.4. The van der Waals surface area contributed by atoms with Gasteiger partial charge in [0.1, 0.15) is 11.5 Å². The van der Waals surface area contributed by atoms with Crippen molar-refractivity contribution in [3.63, 3.8) is 0 Å². The van der Waals surface area contributed by atoms with Gasteiger partial charge in [-0.1, -0.05) is 212 Å². The van der Waals surface area contributed by atoms with Gasteiger partial charge in [0.15, 0.2) is 0 Å². The van der Waals surface area contributed by atoms with Gasteiger partial charge in [-0.15, -0.1) is 0 Å². The standard InChI is InChI=1S/C61H43NO/c1-6-20-44(21-7-1)45-34-38-50(39-35-45)62(57-33-19-17-30-53(57)46-22-8-2-9-23-46)51-40-36-47(37-41-51)54-42-43-58(63-52-28-14-5-15-29-52)60-59(54)55-31-16-18-32-56(55)61(60,48-24-10-3-11-25-48)49-26-12-4-13-27-49/h1-43H. The molecule has 2 heteroatoms. The average Bonchev–Trinajstić information content (AvgIpc) is 3.69. The molecule has 0 bridgehead atoms. The highest BCUT2D eigenvalue weighted by atomic mass is 16.5. The smallest absolute Gasteiger partial charge is 0.132 e. The fraction of sp³-hybridized carbons (Fsp3) is 0.0164. The summed E-state index contributed by atoms with van der Waals surface area (Å²) in [6.45, 7) is 0. The Morgan fingerprint density at radius 2 is 0.762 bits per heavy atom. The van der Waals surface area contributed by atoms with Gasteiger partial charge in [-0.05, 0) is 104 Å². The number of ether oxygens (including phenoxy) is 1. The Balaban J connectivity index is 1.11. The zero-order valence-corrected chi connectivity index (χ0v) is 34.7. The quantitative estimate of drug-likeness (QED) is 0.137. The van der Waals surface area contributed by atoms with Gasteiger partial charge in [-0.25, -0.2) is 0 Å². The predicted octanol–water partition coefficient (Wildman–Crippen LogP) is 16.3. The van der Waals surface area contributed by atoms with Crippen LogP contribution in [-0.2, 0) is 5.41 Å². The Morgan fingerprint density at radius 3 is 1.37 bits per heavy atom. The number of anilines is 3. The lowest BCUT2D eigenvalue weighted by Gasteiger charge is -2.35. The molecule has 10 aromatic carbocycles. The molecular formula is C61H43NO. The monoisotopic (exact) mass is 805 g/mol. The van der Waals surface area contributed by atoms with Crippen molar-refractivity contribution in [3.8, 4) is 56.0 Å². The topological polar surface area (TPSA) is 12.5 Å². The maximum atomic E-state index is 6.97. The molecule has 1 aliphatic carbocycles. The number of benzene rings is 10. The lowest BCUT2D eigenvalue weighted by Crippen LogP contribution is -2.29. The van der Waals surface area contributed by atoms with Crippen molar-refractivity contribution < 1.29 is 4.74 Å². The molecule has 0 saturated carbocycles. The molecule has 0 aromatic heterocycles. The van der Waals surface area contributed by atoms with Crippen LogP contribution in [0.4, 0.5) is 17.1 Å². The van der Waals surface area contributed by atoms with Gasteiger partial charge in [-0.3, -0.25) is 0 Å². The lowest BCUT2D eigenvalue weighted by molar-refractivity contribution is 0.471. The molecule has 0 saturated heterocycles. The molecule has 0 heterocycles. The van der Waals surface area contributed by atoms with E-state index < -0.39 is 5.41 Å². The minimum absolute atomic E-state index is 0.641. The van der Waals surface area contributed by atoms with Crippen molar-refractivity contribution in [2.45, 2.75) is 5.41 Å². The summed E-state index contributed by atoms with van der Waals surface area (Å²) in [7, 11) is 0. The van der Waals surface area contributed by atoms with Gasteiger partial charge in [0.2, 0.25) is 0 Å². The molecule has 0 fully saturated rings. The number of rotatable bonds is 10. The molecule has 1 aliphatic rings. The first kappa shape index (κ1) is 37.8. The van der Waals surface area contributed by atoms with E-state index in [1.807, 2.05) is 30.3 Å². The van der Waals surface area contributed by atoms with E-state index in [1.165, 1.54) is 44.5 Å². The van der Waals surface area contributed by atoms with Crippen molar-refractivity contribution in [1.29, 1.82) is 0 Å². The maximum absolute atomic E-state index is 6.97. The van der Waals surface area contributed by atoms with Crippen LogP contribution in [0.2, 0.25) is 0 Å². The summed E-state index contributed by atoms with van der Waals surface area (Å²) < 4.78 is 6.97. The van der Waals surface area contributed by atoms with Crippen molar-refractivity contribution >= 4 is 17.1 Å². The second kappa shape index (κ2) is 16.3. The second-order valence-corrected chi connectivity index (χ2v) is 16.0. The first-order valence-corrected chi connectivity index (χ1v) is 21.6. The molecule has 0 radical (unpaired) electrons. The van der Waals surface area contributed by atoms with E-state index in [1.54, 1.807) is 0 Å². The average molecular weight is 806 g/mol. The van der Waals surface area contributed by atoms with E-state index in [0.717, 1.165) is 50.8 Å². The minimum Gasteiger partial charge on any atom is -0.457 e. The third kappa shape index (κ3) is 6.70.